The van der Waals surface area contributed by atoms with E-state index in [9.17, 15) is 27.2 Å². The van der Waals surface area contributed by atoms with Crippen molar-refractivity contribution in [2.45, 2.75) is 58.5 Å². The third-order valence-electron chi connectivity index (χ3n) is 5.69. The van der Waals surface area contributed by atoms with Crippen LogP contribution in [-0.2, 0) is 22.2 Å². The van der Waals surface area contributed by atoms with Gasteiger partial charge in [-0.1, -0.05) is 17.7 Å². The van der Waals surface area contributed by atoms with Crippen LogP contribution in [0.5, 0.6) is 0 Å². The van der Waals surface area contributed by atoms with Crippen molar-refractivity contribution in [3.8, 4) is 0 Å². The van der Waals surface area contributed by atoms with Crippen molar-refractivity contribution in [2.75, 3.05) is 0 Å². The minimum Gasteiger partial charge on any atom is -0.298 e. The summed E-state index contributed by atoms with van der Waals surface area (Å²) >= 11 is 0. The van der Waals surface area contributed by atoms with E-state index in [0.29, 0.717) is 25.1 Å². The van der Waals surface area contributed by atoms with E-state index in [1.54, 1.807) is 0 Å². The number of rotatable bonds is 5. The highest BCUT2D eigenvalue weighted by Crippen LogP contribution is 2.38. The first-order valence-electron chi connectivity index (χ1n) is 9.85. The number of alkyl halides is 3. The number of aryl methyl sites for hydroxylation is 4. The third-order valence-corrected chi connectivity index (χ3v) is 5.69. The maximum atomic E-state index is 13.9. The Kier molecular flexibility index (Phi) is 7.63. The van der Waals surface area contributed by atoms with Crippen LogP contribution >= 0.6 is 12.4 Å². The number of carbonyl (C=O) groups is 2. The molecule has 2 atom stereocenters. The van der Waals surface area contributed by atoms with Crippen molar-refractivity contribution in [2.24, 2.45) is 5.92 Å². The molecular weight excluding hydrogens is 434 g/mol. The van der Waals surface area contributed by atoms with Crippen LogP contribution in [-0.4, -0.2) is 16.6 Å². The number of ketones is 2. The van der Waals surface area contributed by atoms with Gasteiger partial charge in [-0.05, 0) is 62.8 Å². The highest BCUT2D eigenvalue weighted by molar-refractivity contribution is 6.14. The second-order valence-electron chi connectivity index (χ2n) is 8.06. The molecule has 0 spiro atoms. The quantitative estimate of drug-likeness (QED) is 0.418. The fraction of sp³-hybridized carbons (Fsp3) is 0.435. The summed E-state index contributed by atoms with van der Waals surface area (Å²) in [6, 6.07) is 4.34. The first-order valence-corrected chi connectivity index (χ1v) is 9.85. The van der Waals surface area contributed by atoms with Crippen molar-refractivity contribution >= 4 is 24.0 Å². The lowest BCUT2D eigenvalue weighted by Crippen LogP contribution is -2.18. The Balaban J connectivity index is 0.00000341. The van der Waals surface area contributed by atoms with Gasteiger partial charge in [0.05, 0.1) is 11.3 Å². The molecule has 168 valence electrons. The van der Waals surface area contributed by atoms with Crippen molar-refractivity contribution in [1.82, 2.24) is 4.98 Å². The number of halogens is 5. The van der Waals surface area contributed by atoms with Crippen LogP contribution in [0.2, 0.25) is 0 Å². The molecule has 8 heteroatoms. The van der Waals surface area contributed by atoms with Gasteiger partial charge in [0.1, 0.15) is 17.5 Å². The van der Waals surface area contributed by atoms with Crippen LogP contribution in [0.4, 0.5) is 17.6 Å². The summed E-state index contributed by atoms with van der Waals surface area (Å²) in [7, 11) is 0. The Morgan fingerprint density at radius 1 is 1.06 bits per heavy atom. The van der Waals surface area contributed by atoms with Gasteiger partial charge in [0.15, 0.2) is 5.78 Å². The van der Waals surface area contributed by atoms with Crippen LogP contribution < -0.4 is 0 Å². The van der Waals surface area contributed by atoms with Gasteiger partial charge in [0, 0.05) is 18.5 Å². The first-order chi connectivity index (χ1) is 14.0. The monoisotopic (exact) mass is 457 g/mol. The number of hydrogen-bond donors (Lipinski definition) is 0. The molecule has 1 aliphatic rings. The van der Waals surface area contributed by atoms with Crippen LogP contribution in [0, 0.1) is 32.5 Å². The van der Waals surface area contributed by atoms with Crippen molar-refractivity contribution < 1.29 is 27.2 Å². The molecule has 3 nitrogen and oxygen atoms in total. The molecule has 0 N–H and O–H groups in total. The molecule has 1 heterocycles. The van der Waals surface area contributed by atoms with Crippen LogP contribution in [0.1, 0.15) is 58.7 Å². The summed E-state index contributed by atoms with van der Waals surface area (Å²) in [5.74, 6) is -2.48. The standard InChI is InChI=1S/C23H23F4NO2.ClH/c1-12-7-13(2)20(14(3)8-12)21-19(29)9-15(22(21)30)5-4-6-18-17(24)10-16(11-28-18)23(25,26)27;/h7-8,10-11,15,21H,4-6,9H2,1-3H3;1H. The second kappa shape index (κ2) is 9.47. The maximum absolute atomic E-state index is 13.9. The Labute approximate surface area is 184 Å². The Morgan fingerprint density at radius 3 is 2.23 bits per heavy atom. The molecule has 1 saturated carbocycles. The molecule has 31 heavy (non-hydrogen) atoms. The van der Waals surface area contributed by atoms with Crippen LogP contribution in [0.15, 0.2) is 24.4 Å². The summed E-state index contributed by atoms with van der Waals surface area (Å²) < 4.78 is 51.8. The predicted octanol–water partition coefficient (Wildman–Crippen LogP) is 5.85. The van der Waals surface area contributed by atoms with Gasteiger partial charge in [0.25, 0.3) is 0 Å². The number of Topliss-reactive ketones (excluding diaryl/α,β-unsaturated/α-hetero) is 2. The average Bonchev–Trinajstić information content (AvgIpc) is 2.89. The van der Waals surface area contributed by atoms with E-state index in [1.807, 2.05) is 32.9 Å². The summed E-state index contributed by atoms with van der Waals surface area (Å²) in [4.78, 5) is 29.1. The van der Waals surface area contributed by atoms with Gasteiger partial charge in [-0.3, -0.25) is 14.6 Å². The fourth-order valence-corrected chi connectivity index (χ4v) is 4.37. The average molecular weight is 458 g/mol. The number of aromatic nitrogens is 1. The molecule has 2 aromatic rings. The van der Waals surface area contributed by atoms with E-state index >= 15 is 0 Å². The highest BCUT2D eigenvalue weighted by atomic mass is 35.5. The normalized spacial score (nSPS) is 18.9. The van der Waals surface area contributed by atoms with E-state index in [2.05, 4.69) is 4.98 Å². The molecule has 0 amide bonds. The minimum atomic E-state index is -4.65. The first kappa shape index (κ1) is 25.0. The Morgan fingerprint density at radius 2 is 1.68 bits per heavy atom. The lowest BCUT2D eigenvalue weighted by molar-refractivity contribution is -0.138. The van der Waals surface area contributed by atoms with Crippen molar-refractivity contribution in [1.29, 1.82) is 0 Å². The number of carbonyl (C=O) groups excluding carboxylic acids is 2. The smallest absolute Gasteiger partial charge is 0.298 e. The molecule has 1 aromatic heterocycles. The number of benzene rings is 1. The molecular formula is C23H24ClF4NO2. The molecule has 1 aromatic carbocycles. The zero-order chi connectivity index (χ0) is 22.2. The molecule has 0 radical (unpaired) electrons. The highest BCUT2D eigenvalue weighted by Gasteiger charge is 2.42. The van der Waals surface area contributed by atoms with Crippen LogP contribution in [0.3, 0.4) is 0 Å². The Hall–Kier alpha value is -2.28. The molecule has 3 rings (SSSR count). The van der Waals surface area contributed by atoms with Gasteiger partial charge in [-0.15, -0.1) is 12.4 Å². The number of hydrogen-bond acceptors (Lipinski definition) is 3. The predicted molar refractivity (Wildman–Crippen MR) is 111 cm³/mol. The van der Waals surface area contributed by atoms with Crippen LogP contribution in [0.25, 0.3) is 0 Å². The molecule has 0 aliphatic heterocycles. The van der Waals surface area contributed by atoms with Gasteiger partial charge in [0.2, 0.25) is 0 Å². The zero-order valence-electron chi connectivity index (χ0n) is 17.5. The summed E-state index contributed by atoms with van der Waals surface area (Å²) in [6.45, 7) is 5.74. The minimum absolute atomic E-state index is 0. The van der Waals surface area contributed by atoms with Gasteiger partial charge < -0.3 is 0 Å². The van der Waals surface area contributed by atoms with E-state index in [4.69, 9.17) is 0 Å². The third kappa shape index (κ3) is 5.32. The molecule has 1 aliphatic carbocycles. The maximum Gasteiger partial charge on any atom is 0.417 e. The second-order valence-corrected chi connectivity index (χ2v) is 8.06. The van der Waals surface area contributed by atoms with Crippen molar-refractivity contribution in [3.05, 3.63) is 63.7 Å². The zero-order valence-corrected chi connectivity index (χ0v) is 18.3. The molecule has 1 fully saturated rings. The fourth-order valence-electron chi connectivity index (χ4n) is 4.37. The van der Waals surface area contributed by atoms with Gasteiger partial charge >= 0.3 is 6.18 Å². The Bertz CT molecular complexity index is 981. The lowest BCUT2D eigenvalue weighted by Gasteiger charge is -2.16. The topological polar surface area (TPSA) is 47.0 Å². The van der Waals surface area contributed by atoms with E-state index < -0.39 is 29.4 Å². The summed E-state index contributed by atoms with van der Waals surface area (Å²) in [5, 5.41) is 0. The summed E-state index contributed by atoms with van der Waals surface area (Å²) in [6.07, 6.45) is -3.06. The number of nitrogens with zero attached hydrogens (tertiary/aromatic N) is 1. The molecule has 0 saturated heterocycles. The van der Waals surface area contributed by atoms with Crippen molar-refractivity contribution in [3.63, 3.8) is 0 Å². The van der Waals surface area contributed by atoms with E-state index in [0.717, 1.165) is 22.3 Å². The lowest BCUT2D eigenvalue weighted by atomic mass is 9.86. The number of pyridine rings is 1. The van der Waals surface area contributed by atoms with E-state index in [-0.39, 0.29) is 42.5 Å². The van der Waals surface area contributed by atoms with Gasteiger partial charge in [-0.25, -0.2) is 4.39 Å². The summed E-state index contributed by atoms with van der Waals surface area (Å²) in [5.41, 5.74) is 2.46. The van der Waals surface area contributed by atoms with Gasteiger partial charge in [-0.2, -0.15) is 13.2 Å². The largest absolute Gasteiger partial charge is 0.417 e. The van der Waals surface area contributed by atoms with E-state index in [1.165, 1.54) is 0 Å². The molecule has 2 unspecified atom stereocenters. The molecule has 0 bridgehead atoms. The SMILES string of the molecule is Cc1cc(C)c(C2C(=O)CC(CCCc3ncc(C(F)(F)F)cc3F)C2=O)c(C)c1.Cl.